The number of rotatable bonds is 4. The van der Waals surface area contributed by atoms with Crippen LogP contribution in [0.4, 0.5) is 4.39 Å². The van der Waals surface area contributed by atoms with Gasteiger partial charge in [0.1, 0.15) is 5.82 Å². The van der Waals surface area contributed by atoms with Crippen molar-refractivity contribution in [2.24, 2.45) is 5.90 Å². The third-order valence-electron chi connectivity index (χ3n) is 2.16. The fourth-order valence-electron chi connectivity index (χ4n) is 1.33. The zero-order valence-corrected chi connectivity index (χ0v) is 8.59. The van der Waals surface area contributed by atoms with Crippen LogP contribution in [0.2, 0.25) is 0 Å². The molecule has 0 bridgehead atoms. The van der Waals surface area contributed by atoms with Gasteiger partial charge < -0.3 is 4.84 Å². The Balaban J connectivity index is 2.84. The van der Waals surface area contributed by atoms with Crippen LogP contribution in [0.1, 0.15) is 30.9 Å². The summed E-state index contributed by atoms with van der Waals surface area (Å²) in [6, 6.07) is 5.08. The molecule has 0 aliphatic heterocycles. The van der Waals surface area contributed by atoms with Gasteiger partial charge in [-0.15, -0.1) is 0 Å². The monoisotopic (exact) mass is 197 g/mol. The van der Waals surface area contributed by atoms with Gasteiger partial charge in [-0.25, -0.2) is 10.3 Å². The van der Waals surface area contributed by atoms with E-state index in [1.165, 1.54) is 6.07 Å². The Morgan fingerprint density at radius 3 is 2.64 bits per heavy atom. The number of hydrogen-bond donors (Lipinski definition) is 1. The lowest BCUT2D eigenvalue weighted by Crippen LogP contribution is -2.04. The fourth-order valence-corrected chi connectivity index (χ4v) is 1.33. The van der Waals surface area contributed by atoms with Crippen LogP contribution >= 0.6 is 0 Å². The minimum atomic E-state index is -0.191. The summed E-state index contributed by atoms with van der Waals surface area (Å²) in [5, 5.41) is 0. The average Bonchev–Trinajstić information content (AvgIpc) is 2.14. The number of nitrogens with two attached hydrogens (primary N) is 1. The molecule has 2 N–H and O–H groups in total. The minimum absolute atomic E-state index is 0.191. The van der Waals surface area contributed by atoms with Crippen LogP contribution in [0, 0.1) is 5.82 Å². The lowest BCUT2D eigenvalue weighted by molar-refractivity contribution is 0.141. The van der Waals surface area contributed by atoms with Crippen molar-refractivity contribution in [1.29, 1.82) is 0 Å². The second kappa shape index (κ2) is 5.08. The molecule has 0 radical (unpaired) electrons. The summed E-state index contributed by atoms with van der Waals surface area (Å²) >= 11 is 0. The molecule has 0 fully saturated rings. The van der Waals surface area contributed by atoms with E-state index in [0.717, 1.165) is 11.1 Å². The predicted octanol–water partition coefficient (Wildman–Crippen LogP) is 2.38. The number of benzene rings is 1. The van der Waals surface area contributed by atoms with Gasteiger partial charge in [0.15, 0.2) is 0 Å². The number of halogens is 1. The molecule has 78 valence electrons. The molecule has 0 saturated heterocycles. The van der Waals surface area contributed by atoms with Gasteiger partial charge in [-0.3, -0.25) is 0 Å². The molecule has 1 aromatic rings. The third-order valence-corrected chi connectivity index (χ3v) is 2.16. The summed E-state index contributed by atoms with van der Waals surface area (Å²) in [6.45, 7) is 4.50. The molecule has 0 aliphatic carbocycles. The summed E-state index contributed by atoms with van der Waals surface area (Å²) in [4.78, 5) is 4.46. The molecular formula is C11H16FNO. The summed E-state index contributed by atoms with van der Waals surface area (Å²) in [7, 11) is 0. The summed E-state index contributed by atoms with van der Waals surface area (Å²) < 4.78 is 13.1. The first-order valence-electron chi connectivity index (χ1n) is 4.74. The minimum Gasteiger partial charge on any atom is -0.304 e. The molecule has 1 aromatic carbocycles. The zero-order chi connectivity index (χ0) is 10.6. The molecule has 0 amide bonds. The molecule has 0 heterocycles. The predicted molar refractivity (Wildman–Crippen MR) is 54.3 cm³/mol. The van der Waals surface area contributed by atoms with E-state index in [2.05, 4.69) is 4.84 Å². The normalized spacial score (nSPS) is 10.9. The molecule has 0 aliphatic rings. The first-order chi connectivity index (χ1) is 6.63. The van der Waals surface area contributed by atoms with E-state index < -0.39 is 0 Å². The highest BCUT2D eigenvalue weighted by molar-refractivity contribution is 5.27. The van der Waals surface area contributed by atoms with Crippen molar-refractivity contribution in [2.75, 3.05) is 6.61 Å². The van der Waals surface area contributed by atoms with Crippen molar-refractivity contribution >= 4 is 0 Å². The quantitative estimate of drug-likeness (QED) is 0.752. The molecule has 0 saturated carbocycles. The van der Waals surface area contributed by atoms with Gasteiger partial charge in [-0.1, -0.05) is 19.9 Å². The van der Waals surface area contributed by atoms with Crippen molar-refractivity contribution in [1.82, 2.24) is 0 Å². The Kier molecular flexibility index (Phi) is 4.04. The van der Waals surface area contributed by atoms with Gasteiger partial charge in [0.05, 0.1) is 6.61 Å². The molecule has 0 spiro atoms. The maximum Gasteiger partial charge on any atom is 0.123 e. The third kappa shape index (κ3) is 3.09. The average molecular weight is 197 g/mol. The first-order valence-corrected chi connectivity index (χ1v) is 4.74. The van der Waals surface area contributed by atoms with Crippen molar-refractivity contribution < 1.29 is 9.23 Å². The molecule has 14 heavy (non-hydrogen) atoms. The number of hydrogen-bond acceptors (Lipinski definition) is 2. The smallest absolute Gasteiger partial charge is 0.123 e. The maximum atomic E-state index is 13.1. The Hall–Kier alpha value is -0.930. The Morgan fingerprint density at radius 2 is 2.07 bits per heavy atom. The van der Waals surface area contributed by atoms with E-state index in [1.54, 1.807) is 6.07 Å². The van der Waals surface area contributed by atoms with Crippen LogP contribution < -0.4 is 5.90 Å². The van der Waals surface area contributed by atoms with E-state index in [4.69, 9.17) is 5.90 Å². The van der Waals surface area contributed by atoms with Gasteiger partial charge >= 0.3 is 0 Å². The zero-order valence-electron chi connectivity index (χ0n) is 8.59. The van der Waals surface area contributed by atoms with Crippen LogP contribution in [-0.4, -0.2) is 6.61 Å². The van der Waals surface area contributed by atoms with Gasteiger partial charge in [0.2, 0.25) is 0 Å². The van der Waals surface area contributed by atoms with Crippen molar-refractivity contribution in [3.63, 3.8) is 0 Å². The summed E-state index contributed by atoms with van der Waals surface area (Å²) in [5.74, 6) is 5.06. The highest BCUT2D eigenvalue weighted by Gasteiger charge is 2.04. The molecule has 0 aromatic heterocycles. The standard InChI is InChI=1S/C11H16FNO/c1-8(2)10-5-9(3-4-14-13)6-11(12)7-10/h5-8H,3-4,13H2,1-2H3. The van der Waals surface area contributed by atoms with Crippen molar-refractivity contribution in [3.8, 4) is 0 Å². The molecule has 3 heteroatoms. The topological polar surface area (TPSA) is 35.2 Å². The van der Waals surface area contributed by atoms with E-state index in [-0.39, 0.29) is 5.82 Å². The molecular weight excluding hydrogens is 181 g/mol. The highest BCUT2D eigenvalue weighted by atomic mass is 19.1. The largest absolute Gasteiger partial charge is 0.304 e. The van der Waals surface area contributed by atoms with Gasteiger partial charge in [0.25, 0.3) is 0 Å². The SMILES string of the molecule is CC(C)c1cc(F)cc(CCON)c1. The van der Waals surface area contributed by atoms with Crippen LogP contribution in [-0.2, 0) is 11.3 Å². The molecule has 0 unspecified atom stereocenters. The summed E-state index contributed by atoms with van der Waals surface area (Å²) in [5.41, 5.74) is 1.94. The van der Waals surface area contributed by atoms with E-state index >= 15 is 0 Å². The maximum absolute atomic E-state index is 13.1. The second-order valence-electron chi connectivity index (χ2n) is 3.67. The Bertz CT molecular complexity index is 299. The molecule has 1 rings (SSSR count). The van der Waals surface area contributed by atoms with E-state index in [9.17, 15) is 4.39 Å². The van der Waals surface area contributed by atoms with Crippen LogP contribution in [0.15, 0.2) is 18.2 Å². The van der Waals surface area contributed by atoms with Crippen molar-refractivity contribution in [3.05, 3.63) is 35.1 Å². The second-order valence-corrected chi connectivity index (χ2v) is 3.67. The van der Waals surface area contributed by atoms with Gasteiger partial charge in [-0.05, 0) is 35.6 Å². The molecule has 2 nitrogen and oxygen atoms in total. The Morgan fingerprint density at radius 1 is 1.36 bits per heavy atom. The van der Waals surface area contributed by atoms with Gasteiger partial charge in [0, 0.05) is 0 Å². The van der Waals surface area contributed by atoms with Gasteiger partial charge in [-0.2, -0.15) is 0 Å². The molecule has 0 atom stereocenters. The first kappa shape index (κ1) is 11.1. The summed E-state index contributed by atoms with van der Waals surface area (Å²) in [6.07, 6.45) is 0.647. The lowest BCUT2D eigenvalue weighted by atomic mass is 9.99. The highest BCUT2D eigenvalue weighted by Crippen LogP contribution is 2.18. The van der Waals surface area contributed by atoms with Crippen molar-refractivity contribution in [2.45, 2.75) is 26.2 Å². The van der Waals surface area contributed by atoms with E-state index in [0.29, 0.717) is 18.9 Å². The van der Waals surface area contributed by atoms with E-state index in [1.807, 2.05) is 19.9 Å². The van der Waals surface area contributed by atoms with Crippen LogP contribution in [0.3, 0.4) is 0 Å². The Labute approximate surface area is 83.8 Å². The lowest BCUT2D eigenvalue weighted by Gasteiger charge is -2.08. The fraction of sp³-hybridized carbons (Fsp3) is 0.455. The van der Waals surface area contributed by atoms with Crippen LogP contribution in [0.5, 0.6) is 0 Å². The van der Waals surface area contributed by atoms with Crippen LogP contribution in [0.25, 0.3) is 0 Å².